The minimum atomic E-state index is -0.490. The highest BCUT2D eigenvalue weighted by Crippen LogP contribution is 2.23. The minimum absolute atomic E-state index is 0.0810. The number of halogens is 1. The average molecular weight is 368 g/mol. The molecule has 0 bridgehead atoms. The Balaban J connectivity index is 1.84. The fourth-order valence-electron chi connectivity index (χ4n) is 2.62. The quantitative estimate of drug-likeness (QED) is 0.800. The largest absolute Gasteiger partial charge is 0.465 e. The lowest BCUT2D eigenvalue weighted by molar-refractivity contribution is -0.130. The van der Waals surface area contributed by atoms with Crippen LogP contribution in [0.15, 0.2) is 18.2 Å². The summed E-state index contributed by atoms with van der Waals surface area (Å²) in [6, 6.07) is 4.58. The van der Waals surface area contributed by atoms with E-state index in [9.17, 15) is 14.4 Å². The van der Waals surface area contributed by atoms with Gasteiger partial charge >= 0.3 is 5.97 Å². The average Bonchev–Trinajstić information content (AvgIpc) is 2.61. The number of amides is 2. The van der Waals surface area contributed by atoms with Crippen molar-refractivity contribution in [2.45, 2.75) is 13.3 Å². The lowest BCUT2D eigenvalue weighted by Crippen LogP contribution is -2.48. The van der Waals surface area contributed by atoms with Crippen LogP contribution in [0.5, 0.6) is 0 Å². The molecule has 1 saturated heterocycles. The molecule has 7 nitrogen and oxygen atoms in total. The summed E-state index contributed by atoms with van der Waals surface area (Å²) in [5.74, 6) is -0.592. The van der Waals surface area contributed by atoms with E-state index in [1.807, 2.05) is 0 Å². The van der Waals surface area contributed by atoms with E-state index in [-0.39, 0.29) is 11.8 Å². The van der Waals surface area contributed by atoms with Crippen LogP contribution < -0.4 is 5.32 Å². The van der Waals surface area contributed by atoms with Crippen LogP contribution in [0, 0.1) is 0 Å². The van der Waals surface area contributed by atoms with Gasteiger partial charge in [-0.3, -0.25) is 14.5 Å². The molecular weight excluding hydrogens is 346 g/mol. The first kappa shape index (κ1) is 19.2. The maximum atomic E-state index is 12.2. The van der Waals surface area contributed by atoms with E-state index in [1.54, 1.807) is 24.0 Å². The van der Waals surface area contributed by atoms with Crippen molar-refractivity contribution >= 4 is 35.1 Å². The zero-order valence-corrected chi connectivity index (χ0v) is 15.1. The summed E-state index contributed by atoms with van der Waals surface area (Å²) in [5, 5.41) is 3.08. The summed E-state index contributed by atoms with van der Waals surface area (Å²) in [4.78, 5) is 39.0. The van der Waals surface area contributed by atoms with Crippen LogP contribution in [-0.4, -0.2) is 67.4 Å². The van der Waals surface area contributed by atoms with Gasteiger partial charge in [-0.15, -0.1) is 0 Å². The van der Waals surface area contributed by atoms with Crippen molar-refractivity contribution in [3.8, 4) is 0 Å². The van der Waals surface area contributed by atoms with E-state index in [2.05, 4.69) is 15.0 Å². The maximum absolute atomic E-state index is 12.2. The Morgan fingerprint density at radius 3 is 2.48 bits per heavy atom. The Kier molecular flexibility index (Phi) is 6.78. The van der Waals surface area contributed by atoms with Crippen molar-refractivity contribution in [2.24, 2.45) is 0 Å². The van der Waals surface area contributed by atoms with Crippen LogP contribution in [0.1, 0.15) is 23.7 Å². The molecule has 1 aliphatic heterocycles. The van der Waals surface area contributed by atoms with Gasteiger partial charge in [0.25, 0.3) is 0 Å². The number of ether oxygens (including phenoxy) is 1. The molecule has 1 aromatic carbocycles. The number of piperazine rings is 1. The van der Waals surface area contributed by atoms with Crippen LogP contribution in [-0.2, 0) is 14.3 Å². The van der Waals surface area contributed by atoms with Crippen molar-refractivity contribution in [2.75, 3.05) is 45.2 Å². The van der Waals surface area contributed by atoms with E-state index in [0.717, 1.165) is 13.1 Å². The van der Waals surface area contributed by atoms with Gasteiger partial charge in [0.1, 0.15) is 0 Å². The number of rotatable bonds is 5. The van der Waals surface area contributed by atoms with Gasteiger partial charge in [-0.05, 0) is 18.2 Å². The molecule has 1 aliphatic rings. The Labute approximate surface area is 151 Å². The monoisotopic (exact) mass is 367 g/mol. The van der Waals surface area contributed by atoms with E-state index in [4.69, 9.17) is 11.6 Å². The fourth-order valence-corrected chi connectivity index (χ4v) is 2.79. The number of carbonyl (C=O) groups excluding carboxylic acids is 3. The third-order valence-corrected chi connectivity index (χ3v) is 4.46. The number of anilines is 1. The standard InChI is InChI=1S/C17H22ClN3O4/c1-12(22)21-9-7-20(8-10-21)6-5-16(23)19-15-11-13(17(24)25-2)3-4-14(15)18/h3-4,11H,5-10H2,1-2H3,(H,19,23). The van der Waals surface area contributed by atoms with E-state index >= 15 is 0 Å². The number of nitrogens with one attached hydrogen (secondary N) is 1. The molecular formula is C17H22ClN3O4. The van der Waals surface area contributed by atoms with E-state index in [0.29, 0.717) is 42.3 Å². The number of esters is 1. The van der Waals surface area contributed by atoms with E-state index < -0.39 is 5.97 Å². The first-order valence-corrected chi connectivity index (χ1v) is 8.44. The van der Waals surface area contributed by atoms with Gasteiger partial charge in [0.2, 0.25) is 11.8 Å². The SMILES string of the molecule is COC(=O)c1ccc(Cl)c(NC(=O)CCN2CCN(C(C)=O)CC2)c1. The summed E-state index contributed by atoms with van der Waals surface area (Å²) in [6.45, 7) is 5.05. The second-order valence-electron chi connectivity index (χ2n) is 5.83. The molecule has 0 atom stereocenters. The Morgan fingerprint density at radius 1 is 1.20 bits per heavy atom. The van der Waals surface area contributed by atoms with Gasteiger partial charge in [0.05, 0.1) is 23.4 Å². The summed E-state index contributed by atoms with van der Waals surface area (Å²) in [6.07, 6.45) is 0.304. The number of hydrogen-bond acceptors (Lipinski definition) is 5. The Bertz CT molecular complexity index is 657. The second-order valence-corrected chi connectivity index (χ2v) is 6.24. The highest BCUT2D eigenvalue weighted by molar-refractivity contribution is 6.33. The molecule has 1 aromatic rings. The summed E-state index contributed by atoms with van der Waals surface area (Å²) >= 11 is 6.07. The molecule has 0 aromatic heterocycles. The third-order valence-electron chi connectivity index (χ3n) is 4.13. The summed E-state index contributed by atoms with van der Waals surface area (Å²) < 4.78 is 4.66. The number of hydrogen-bond donors (Lipinski definition) is 1. The van der Waals surface area contributed by atoms with E-state index in [1.165, 1.54) is 13.2 Å². The van der Waals surface area contributed by atoms with Gasteiger partial charge in [0.15, 0.2) is 0 Å². The van der Waals surface area contributed by atoms with Gasteiger partial charge < -0.3 is 15.0 Å². The number of carbonyl (C=O) groups is 3. The van der Waals surface area contributed by atoms with Crippen molar-refractivity contribution in [3.05, 3.63) is 28.8 Å². The number of benzene rings is 1. The Morgan fingerprint density at radius 2 is 1.88 bits per heavy atom. The summed E-state index contributed by atoms with van der Waals surface area (Å²) in [5.41, 5.74) is 0.707. The van der Waals surface area contributed by atoms with Gasteiger partial charge in [-0.2, -0.15) is 0 Å². The molecule has 2 rings (SSSR count). The van der Waals surface area contributed by atoms with Gasteiger partial charge in [-0.1, -0.05) is 11.6 Å². The smallest absolute Gasteiger partial charge is 0.337 e. The first-order chi connectivity index (χ1) is 11.9. The predicted octanol–water partition coefficient (Wildman–Crippen LogP) is 1.62. The molecule has 25 heavy (non-hydrogen) atoms. The van der Waals surface area contributed by atoms with Crippen molar-refractivity contribution in [3.63, 3.8) is 0 Å². The van der Waals surface area contributed by atoms with Crippen LogP contribution in [0.2, 0.25) is 5.02 Å². The molecule has 1 N–H and O–H groups in total. The topological polar surface area (TPSA) is 79.0 Å². The summed E-state index contributed by atoms with van der Waals surface area (Å²) in [7, 11) is 1.29. The van der Waals surface area contributed by atoms with Crippen LogP contribution in [0.25, 0.3) is 0 Å². The zero-order chi connectivity index (χ0) is 18.4. The fraction of sp³-hybridized carbons (Fsp3) is 0.471. The molecule has 0 radical (unpaired) electrons. The second kappa shape index (κ2) is 8.82. The molecule has 0 saturated carbocycles. The molecule has 0 unspecified atom stereocenters. The number of nitrogens with zero attached hydrogens (tertiary/aromatic N) is 2. The van der Waals surface area contributed by atoms with Crippen LogP contribution >= 0.6 is 11.6 Å². The van der Waals surface area contributed by atoms with Crippen LogP contribution in [0.3, 0.4) is 0 Å². The van der Waals surface area contributed by atoms with Gasteiger partial charge in [-0.25, -0.2) is 4.79 Å². The highest BCUT2D eigenvalue weighted by Gasteiger charge is 2.19. The minimum Gasteiger partial charge on any atom is -0.465 e. The van der Waals surface area contributed by atoms with Crippen molar-refractivity contribution < 1.29 is 19.1 Å². The molecule has 8 heteroatoms. The predicted molar refractivity (Wildman–Crippen MR) is 94.7 cm³/mol. The van der Waals surface area contributed by atoms with Crippen molar-refractivity contribution in [1.29, 1.82) is 0 Å². The highest BCUT2D eigenvalue weighted by atomic mass is 35.5. The first-order valence-electron chi connectivity index (χ1n) is 8.06. The molecule has 136 valence electrons. The Hall–Kier alpha value is -2.12. The molecule has 1 heterocycles. The maximum Gasteiger partial charge on any atom is 0.337 e. The molecule has 0 spiro atoms. The molecule has 1 fully saturated rings. The third kappa shape index (κ3) is 5.44. The van der Waals surface area contributed by atoms with Crippen LogP contribution in [0.4, 0.5) is 5.69 Å². The molecule has 0 aliphatic carbocycles. The lowest BCUT2D eigenvalue weighted by Gasteiger charge is -2.34. The zero-order valence-electron chi connectivity index (χ0n) is 14.4. The van der Waals surface area contributed by atoms with Crippen molar-refractivity contribution in [1.82, 2.24) is 9.80 Å². The molecule has 2 amide bonds. The number of methoxy groups -OCH3 is 1. The normalized spacial score (nSPS) is 14.9. The van der Waals surface area contributed by atoms with Gasteiger partial charge in [0, 0.05) is 46.1 Å². The lowest BCUT2D eigenvalue weighted by atomic mass is 10.2.